The van der Waals surface area contributed by atoms with Crippen LogP contribution in [-0.2, 0) is 4.79 Å². The predicted molar refractivity (Wildman–Crippen MR) is 117 cm³/mol. The molecule has 0 amide bonds. The fourth-order valence-electron chi connectivity index (χ4n) is 4.56. The number of ketones is 1. The second-order valence-corrected chi connectivity index (χ2v) is 7.72. The maximum atomic E-state index is 13.6. The molecule has 0 unspecified atom stereocenters. The number of fused-ring (bicyclic) bond motifs is 1. The number of hydrogen-bond donors (Lipinski definition) is 2. The Labute approximate surface area is 179 Å². The smallest absolute Gasteiger partial charge is 0.277 e. The predicted octanol–water partition coefficient (Wildman–Crippen LogP) is 3.75. The lowest BCUT2D eigenvalue weighted by Gasteiger charge is -2.31. The van der Waals surface area contributed by atoms with Gasteiger partial charge >= 0.3 is 0 Å². The van der Waals surface area contributed by atoms with Gasteiger partial charge in [-0.05, 0) is 42.7 Å². The van der Waals surface area contributed by atoms with Gasteiger partial charge in [-0.1, -0.05) is 24.3 Å². The summed E-state index contributed by atoms with van der Waals surface area (Å²) in [5.41, 5.74) is 3.45. The molecule has 2 aromatic carbocycles. The minimum atomic E-state index is -0.479. The Morgan fingerprint density at radius 1 is 0.968 bits per heavy atom. The van der Waals surface area contributed by atoms with Crippen LogP contribution in [0.2, 0.25) is 0 Å². The lowest BCUT2D eigenvalue weighted by atomic mass is 9.77. The van der Waals surface area contributed by atoms with Crippen molar-refractivity contribution in [3.63, 3.8) is 0 Å². The number of hydrogen-bond acceptors (Lipinski definition) is 5. The van der Waals surface area contributed by atoms with E-state index < -0.39 is 5.92 Å². The Morgan fingerprint density at radius 3 is 2.48 bits per heavy atom. The van der Waals surface area contributed by atoms with E-state index in [1.165, 1.54) is 4.68 Å². The molecule has 1 aliphatic heterocycles. The molecule has 2 heterocycles. The number of nitrogens with zero attached hydrogens (tertiary/aromatic N) is 1. The molecule has 7 heteroatoms. The molecular formula is C24H23N3O4. The molecule has 1 aromatic heterocycles. The van der Waals surface area contributed by atoms with Crippen LogP contribution in [0.5, 0.6) is 11.5 Å². The zero-order chi connectivity index (χ0) is 21.5. The normalized spacial score (nSPS) is 17.6. The van der Waals surface area contributed by atoms with E-state index in [1.54, 1.807) is 14.2 Å². The molecule has 3 aromatic rings. The van der Waals surface area contributed by atoms with Crippen molar-refractivity contribution in [1.82, 2.24) is 9.78 Å². The summed E-state index contributed by atoms with van der Waals surface area (Å²) in [6, 6.07) is 15.0. The largest absolute Gasteiger partial charge is 0.493 e. The lowest BCUT2D eigenvalue weighted by molar-refractivity contribution is -0.116. The number of nitrogens with one attached hydrogen (secondary N) is 2. The van der Waals surface area contributed by atoms with E-state index in [0.717, 1.165) is 29.8 Å². The number of anilines is 1. The van der Waals surface area contributed by atoms with E-state index in [-0.39, 0.29) is 11.3 Å². The third kappa shape index (κ3) is 3.04. The Bertz CT molecular complexity index is 1250. The van der Waals surface area contributed by atoms with Crippen LogP contribution in [-0.4, -0.2) is 29.8 Å². The number of H-pyrrole nitrogens is 1. The van der Waals surface area contributed by atoms with Crippen molar-refractivity contribution in [3.8, 4) is 17.2 Å². The molecule has 7 nitrogen and oxygen atoms in total. The standard InChI is InChI=1S/C24H23N3O4/c1-30-18-12-11-14(13-19(18)31-2)20-21-16(9-6-10-17(21)28)25-23-22(20)24(29)27(26-23)15-7-4-3-5-8-15/h3-5,7-8,11-13,20,25-26H,6,9-10H2,1-2H3/t20-/m1/s1. The molecule has 0 fully saturated rings. The van der Waals surface area contributed by atoms with Gasteiger partial charge in [0.25, 0.3) is 5.56 Å². The molecule has 2 N–H and O–H groups in total. The number of benzene rings is 2. The SMILES string of the molecule is COc1ccc([C@@H]2C3=C(CCCC3=O)Nc3[nH]n(-c4ccccc4)c(=O)c32)cc1OC. The number of methoxy groups -OCH3 is 2. The molecule has 5 rings (SSSR count). The highest BCUT2D eigenvalue weighted by Gasteiger charge is 2.39. The zero-order valence-electron chi connectivity index (χ0n) is 17.4. The third-order valence-corrected chi connectivity index (χ3v) is 5.99. The maximum absolute atomic E-state index is 13.6. The maximum Gasteiger partial charge on any atom is 0.277 e. The Hall–Kier alpha value is -3.74. The lowest BCUT2D eigenvalue weighted by Crippen LogP contribution is -2.29. The molecule has 0 spiro atoms. The number of carbonyl (C=O) groups is 1. The zero-order valence-corrected chi connectivity index (χ0v) is 17.4. The number of para-hydroxylation sites is 1. The second kappa shape index (κ2) is 7.50. The van der Waals surface area contributed by atoms with Crippen LogP contribution < -0.4 is 20.3 Å². The van der Waals surface area contributed by atoms with Crippen LogP contribution >= 0.6 is 0 Å². The second-order valence-electron chi connectivity index (χ2n) is 7.72. The number of aromatic amines is 1. The Morgan fingerprint density at radius 2 is 1.74 bits per heavy atom. The highest BCUT2D eigenvalue weighted by molar-refractivity contribution is 6.01. The summed E-state index contributed by atoms with van der Waals surface area (Å²) in [5.74, 6) is 1.38. The van der Waals surface area contributed by atoms with Crippen LogP contribution in [0, 0.1) is 0 Å². The first-order valence-electron chi connectivity index (χ1n) is 10.3. The van der Waals surface area contributed by atoms with Crippen molar-refractivity contribution in [1.29, 1.82) is 0 Å². The minimum absolute atomic E-state index is 0.0750. The van der Waals surface area contributed by atoms with Gasteiger partial charge in [0.1, 0.15) is 5.82 Å². The molecule has 2 aliphatic rings. The van der Waals surface area contributed by atoms with E-state index in [1.807, 2.05) is 48.5 Å². The van der Waals surface area contributed by atoms with Gasteiger partial charge in [0.2, 0.25) is 0 Å². The van der Waals surface area contributed by atoms with Crippen LogP contribution in [0.1, 0.15) is 36.3 Å². The van der Waals surface area contributed by atoms with E-state index in [9.17, 15) is 9.59 Å². The first kappa shape index (κ1) is 19.2. The van der Waals surface area contributed by atoms with Gasteiger partial charge < -0.3 is 14.8 Å². The fraction of sp³-hybridized carbons (Fsp3) is 0.250. The van der Waals surface area contributed by atoms with E-state index in [0.29, 0.717) is 34.9 Å². The van der Waals surface area contributed by atoms with Crippen molar-refractivity contribution in [3.05, 3.63) is 81.3 Å². The molecule has 0 bridgehead atoms. The summed E-state index contributed by atoms with van der Waals surface area (Å²) >= 11 is 0. The highest BCUT2D eigenvalue weighted by atomic mass is 16.5. The molecule has 31 heavy (non-hydrogen) atoms. The fourth-order valence-corrected chi connectivity index (χ4v) is 4.56. The summed E-state index contributed by atoms with van der Waals surface area (Å²) in [4.78, 5) is 26.6. The van der Waals surface area contributed by atoms with Crippen LogP contribution in [0.3, 0.4) is 0 Å². The summed E-state index contributed by atoms with van der Waals surface area (Å²) < 4.78 is 12.4. The van der Waals surface area contributed by atoms with Crippen LogP contribution in [0.4, 0.5) is 5.82 Å². The third-order valence-electron chi connectivity index (χ3n) is 5.99. The molecule has 0 radical (unpaired) electrons. The summed E-state index contributed by atoms with van der Waals surface area (Å²) in [6.07, 6.45) is 2.04. The van der Waals surface area contributed by atoms with E-state index >= 15 is 0 Å². The van der Waals surface area contributed by atoms with Crippen molar-refractivity contribution in [2.24, 2.45) is 0 Å². The van der Waals surface area contributed by atoms with E-state index in [2.05, 4.69) is 10.4 Å². The van der Waals surface area contributed by atoms with Gasteiger partial charge in [-0.25, -0.2) is 4.68 Å². The average molecular weight is 417 g/mol. The number of allylic oxidation sites excluding steroid dienone is 2. The number of carbonyl (C=O) groups excluding carboxylic acids is 1. The van der Waals surface area contributed by atoms with Gasteiger partial charge in [-0.2, -0.15) is 0 Å². The molecule has 1 aliphatic carbocycles. The van der Waals surface area contributed by atoms with Crippen LogP contribution in [0.15, 0.2) is 64.6 Å². The average Bonchev–Trinajstić information content (AvgIpc) is 3.14. The number of Topliss-reactive ketones (excluding diaryl/α,β-unsaturated/α-hetero) is 1. The minimum Gasteiger partial charge on any atom is -0.493 e. The molecule has 0 saturated heterocycles. The van der Waals surface area contributed by atoms with Crippen LogP contribution in [0.25, 0.3) is 5.69 Å². The summed E-state index contributed by atoms with van der Waals surface area (Å²) in [5, 5.41) is 6.55. The summed E-state index contributed by atoms with van der Waals surface area (Å²) in [7, 11) is 3.15. The molecule has 0 saturated carbocycles. The Balaban J connectivity index is 1.74. The van der Waals surface area contributed by atoms with Gasteiger partial charge in [0.15, 0.2) is 17.3 Å². The van der Waals surface area contributed by atoms with Gasteiger partial charge in [0, 0.05) is 23.6 Å². The molecule has 1 atom stereocenters. The quantitative estimate of drug-likeness (QED) is 0.675. The van der Waals surface area contributed by atoms with Gasteiger partial charge in [-0.3, -0.25) is 14.7 Å². The summed E-state index contributed by atoms with van der Waals surface area (Å²) in [6.45, 7) is 0. The monoisotopic (exact) mass is 417 g/mol. The molecular weight excluding hydrogens is 394 g/mol. The number of aromatic nitrogens is 2. The van der Waals surface area contributed by atoms with E-state index in [4.69, 9.17) is 9.47 Å². The van der Waals surface area contributed by atoms with Crippen molar-refractivity contribution >= 4 is 11.6 Å². The van der Waals surface area contributed by atoms with Crippen molar-refractivity contribution < 1.29 is 14.3 Å². The Kier molecular flexibility index (Phi) is 4.66. The highest BCUT2D eigenvalue weighted by Crippen LogP contribution is 2.45. The van der Waals surface area contributed by atoms with Crippen molar-refractivity contribution in [2.45, 2.75) is 25.2 Å². The van der Waals surface area contributed by atoms with Crippen molar-refractivity contribution in [2.75, 3.05) is 19.5 Å². The van der Waals surface area contributed by atoms with Gasteiger partial charge in [-0.15, -0.1) is 0 Å². The van der Waals surface area contributed by atoms with Gasteiger partial charge in [0.05, 0.1) is 25.5 Å². The topological polar surface area (TPSA) is 85.4 Å². The molecule has 158 valence electrons. The number of rotatable bonds is 4. The number of ether oxygens (including phenoxy) is 2. The first-order valence-corrected chi connectivity index (χ1v) is 10.3. The first-order chi connectivity index (χ1) is 15.1.